The number of sulfonamides is 1. The molecule has 0 aliphatic rings. The Morgan fingerprint density at radius 2 is 1.55 bits per heavy atom. The summed E-state index contributed by atoms with van der Waals surface area (Å²) in [4.78, 5) is 24.4. The maximum atomic E-state index is 13.5. The molecule has 162 valence electrons. The van der Waals surface area contributed by atoms with Gasteiger partial charge in [0.25, 0.3) is 10.0 Å². The molecule has 0 aliphatic heterocycles. The lowest BCUT2D eigenvalue weighted by Crippen LogP contribution is -2.36. The van der Waals surface area contributed by atoms with Gasteiger partial charge in [-0.25, -0.2) is 13.2 Å². The zero-order valence-electron chi connectivity index (χ0n) is 17.3. The minimum atomic E-state index is -4.13. The fraction of sp³-hybridized carbons (Fsp3) is 0.217. The monoisotopic (exact) mass is 441 g/mol. The molecule has 0 radical (unpaired) electrons. The van der Waals surface area contributed by atoms with Crippen LogP contribution in [0.1, 0.15) is 24.2 Å². The third kappa shape index (κ3) is 5.03. The Morgan fingerprint density at radius 1 is 0.839 bits per heavy atom. The van der Waals surface area contributed by atoms with Crippen molar-refractivity contribution in [1.29, 1.82) is 0 Å². The quantitative estimate of drug-likeness (QED) is 0.494. The first-order chi connectivity index (χ1) is 14.9. The number of carbonyl (C=O) groups is 2. The summed E-state index contributed by atoms with van der Waals surface area (Å²) in [6, 6.07) is 18.1. The number of fused-ring (bicyclic) bond motifs is 1. The minimum absolute atomic E-state index is 0.0250. The van der Waals surface area contributed by atoms with Crippen LogP contribution in [0, 0.1) is 0 Å². The van der Waals surface area contributed by atoms with Crippen LogP contribution in [0.2, 0.25) is 0 Å². The van der Waals surface area contributed by atoms with Crippen molar-refractivity contribution in [3.8, 4) is 0 Å². The molecule has 0 amide bonds. The molecule has 0 saturated carbocycles. The summed E-state index contributed by atoms with van der Waals surface area (Å²) in [5.74, 6) is -1.28. The number of rotatable bonds is 8. The van der Waals surface area contributed by atoms with E-state index < -0.39 is 28.5 Å². The van der Waals surface area contributed by atoms with Crippen molar-refractivity contribution in [1.82, 2.24) is 0 Å². The van der Waals surface area contributed by atoms with Gasteiger partial charge in [0, 0.05) is 0 Å². The number of esters is 2. The Balaban J connectivity index is 2.08. The van der Waals surface area contributed by atoms with Gasteiger partial charge in [-0.2, -0.15) is 0 Å². The van der Waals surface area contributed by atoms with Crippen molar-refractivity contribution in [3.05, 3.63) is 72.3 Å². The van der Waals surface area contributed by atoms with Gasteiger partial charge in [0.15, 0.2) is 0 Å². The number of anilines is 1. The minimum Gasteiger partial charge on any atom is -0.465 e. The lowest BCUT2D eigenvalue weighted by atomic mass is 10.1. The Labute approximate surface area is 181 Å². The van der Waals surface area contributed by atoms with Crippen LogP contribution in [0.5, 0.6) is 0 Å². The molecule has 0 fully saturated rings. The van der Waals surface area contributed by atoms with E-state index in [1.54, 1.807) is 26.0 Å². The van der Waals surface area contributed by atoms with E-state index in [2.05, 4.69) is 0 Å². The van der Waals surface area contributed by atoms with Gasteiger partial charge < -0.3 is 9.47 Å². The van der Waals surface area contributed by atoms with E-state index >= 15 is 0 Å². The van der Waals surface area contributed by atoms with Crippen LogP contribution in [0.25, 0.3) is 10.8 Å². The van der Waals surface area contributed by atoms with Crippen molar-refractivity contribution < 1.29 is 27.5 Å². The average Bonchev–Trinajstić information content (AvgIpc) is 2.77. The summed E-state index contributed by atoms with van der Waals surface area (Å²) in [6.45, 7) is 3.09. The van der Waals surface area contributed by atoms with E-state index in [-0.39, 0.29) is 29.4 Å². The summed E-state index contributed by atoms with van der Waals surface area (Å²) < 4.78 is 38.0. The highest BCUT2D eigenvalue weighted by Crippen LogP contribution is 2.27. The molecule has 31 heavy (non-hydrogen) atoms. The van der Waals surface area contributed by atoms with Crippen LogP contribution < -0.4 is 4.31 Å². The Kier molecular flexibility index (Phi) is 6.91. The van der Waals surface area contributed by atoms with Crippen LogP contribution in [-0.4, -0.2) is 40.1 Å². The van der Waals surface area contributed by atoms with Crippen LogP contribution in [-0.2, 0) is 24.3 Å². The van der Waals surface area contributed by atoms with Gasteiger partial charge in [-0.1, -0.05) is 36.4 Å². The second-order valence-electron chi connectivity index (χ2n) is 6.60. The summed E-state index contributed by atoms with van der Waals surface area (Å²) in [5, 5.41) is 1.64. The zero-order chi connectivity index (χ0) is 22.4. The van der Waals surface area contributed by atoms with Crippen molar-refractivity contribution in [2.24, 2.45) is 0 Å². The Hall–Kier alpha value is -3.39. The number of nitrogens with zero attached hydrogens (tertiary/aromatic N) is 1. The Morgan fingerprint density at radius 3 is 2.26 bits per heavy atom. The molecule has 0 heterocycles. The number of hydrogen-bond acceptors (Lipinski definition) is 6. The number of carbonyl (C=O) groups excluding carboxylic acids is 2. The number of hydrogen-bond donors (Lipinski definition) is 0. The lowest BCUT2D eigenvalue weighted by molar-refractivity contribution is -0.141. The van der Waals surface area contributed by atoms with Gasteiger partial charge in [-0.15, -0.1) is 0 Å². The summed E-state index contributed by atoms with van der Waals surface area (Å²) in [6.07, 6.45) is 0. The predicted molar refractivity (Wildman–Crippen MR) is 118 cm³/mol. The summed E-state index contributed by atoms with van der Waals surface area (Å²) in [7, 11) is -4.13. The largest absolute Gasteiger partial charge is 0.465 e. The van der Waals surface area contributed by atoms with Gasteiger partial charge >= 0.3 is 11.9 Å². The molecule has 0 aliphatic carbocycles. The van der Waals surface area contributed by atoms with Crippen molar-refractivity contribution in [3.63, 3.8) is 0 Å². The molecule has 0 atom stereocenters. The maximum Gasteiger partial charge on any atom is 0.338 e. The standard InChI is InChI=1S/C23H23NO6S/c1-3-29-22(25)16-24(20-11-7-10-19(14-20)23(26)30-4-2)31(27,28)21-13-12-17-8-5-6-9-18(17)15-21/h5-15H,3-4,16H2,1-2H3. The van der Waals surface area contributed by atoms with E-state index in [4.69, 9.17) is 9.47 Å². The van der Waals surface area contributed by atoms with Crippen molar-refractivity contribution >= 4 is 38.4 Å². The van der Waals surface area contributed by atoms with E-state index in [9.17, 15) is 18.0 Å². The molecule has 0 saturated heterocycles. The van der Waals surface area contributed by atoms with Crippen molar-refractivity contribution in [2.45, 2.75) is 18.7 Å². The smallest absolute Gasteiger partial charge is 0.338 e. The first-order valence-electron chi connectivity index (χ1n) is 9.81. The van der Waals surface area contributed by atoms with Crippen LogP contribution in [0.15, 0.2) is 71.6 Å². The molecule has 3 aromatic rings. The third-order valence-electron chi connectivity index (χ3n) is 4.53. The van der Waals surface area contributed by atoms with Gasteiger partial charge in [-0.05, 0) is 55.0 Å². The maximum absolute atomic E-state index is 13.5. The molecular formula is C23H23NO6S. The summed E-state index contributed by atoms with van der Waals surface area (Å²) >= 11 is 0. The molecule has 0 bridgehead atoms. The van der Waals surface area contributed by atoms with Crippen LogP contribution >= 0.6 is 0 Å². The zero-order valence-corrected chi connectivity index (χ0v) is 18.1. The molecule has 0 N–H and O–H groups in total. The van der Waals surface area contributed by atoms with Gasteiger partial charge in [0.2, 0.25) is 0 Å². The third-order valence-corrected chi connectivity index (χ3v) is 6.30. The molecule has 8 heteroatoms. The fourth-order valence-electron chi connectivity index (χ4n) is 3.10. The molecular weight excluding hydrogens is 418 g/mol. The van der Waals surface area contributed by atoms with Gasteiger partial charge in [0.05, 0.1) is 29.4 Å². The first kappa shape index (κ1) is 22.3. The molecule has 3 aromatic carbocycles. The molecule has 3 rings (SSSR count). The van der Waals surface area contributed by atoms with Crippen LogP contribution in [0.4, 0.5) is 5.69 Å². The van der Waals surface area contributed by atoms with Gasteiger partial charge in [-0.3, -0.25) is 9.10 Å². The lowest BCUT2D eigenvalue weighted by Gasteiger charge is -2.24. The Bertz CT molecular complexity index is 1210. The molecule has 0 unspecified atom stereocenters. The average molecular weight is 442 g/mol. The van der Waals surface area contributed by atoms with Crippen molar-refractivity contribution in [2.75, 3.05) is 24.1 Å². The van der Waals surface area contributed by atoms with E-state index in [0.29, 0.717) is 0 Å². The molecule has 0 aromatic heterocycles. The van der Waals surface area contributed by atoms with Gasteiger partial charge in [0.1, 0.15) is 6.54 Å². The second-order valence-corrected chi connectivity index (χ2v) is 8.46. The summed E-state index contributed by atoms with van der Waals surface area (Å²) in [5.41, 5.74) is 0.341. The topological polar surface area (TPSA) is 90.0 Å². The molecule has 0 spiro atoms. The fourth-order valence-corrected chi connectivity index (χ4v) is 4.53. The SMILES string of the molecule is CCOC(=O)CN(c1cccc(C(=O)OCC)c1)S(=O)(=O)c1ccc2ccccc2c1. The van der Waals surface area contributed by atoms with E-state index in [0.717, 1.165) is 15.1 Å². The highest BCUT2D eigenvalue weighted by molar-refractivity contribution is 7.92. The normalized spacial score (nSPS) is 11.2. The van der Waals surface area contributed by atoms with E-state index in [1.807, 2.05) is 24.3 Å². The second kappa shape index (κ2) is 9.61. The number of benzene rings is 3. The highest BCUT2D eigenvalue weighted by Gasteiger charge is 2.28. The molecule has 7 nitrogen and oxygen atoms in total. The number of ether oxygens (including phenoxy) is 2. The van der Waals surface area contributed by atoms with Crippen LogP contribution in [0.3, 0.4) is 0 Å². The highest BCUT2D eigenvalue weighted by atomic mass is 32.2. The predicted octanol–water partition coefficient (Wildman–Crippen LogP) is 3.77. The van der Waals surface area contributed by atoms with E-state index in [1.165, 1.54) is 30.3 Å². The first-order valence-corrected chi connectivity index (χ1v) is 11.2.